The van der Waals surface area contributed by atoms with Crippen LogP contribution in [0.3, 0.4) is 0 Å². The van der Waals surface area contributed by atoms with Crippen LogP contribution in [0.1, 0.15) is 34.1 Å². The summed E-state index contributed by atoms with van der Waals surface area (Å²) in [5.74, 6) is 0.912. The molecule has 80 valence electrons. The van der Waals surface area contributed by atoms with Crippen molar-refractivity contribution in [2.45, 2.75) is 40.2 Å². The Morgan fingerprint density at radius 2 is 2.14 bits per heavy atom. The van der Waals surface area contributed by atoms with E-state index in [1.165, 1.54) is 0 Å². The molecule has 0 aliphatic carbocycles. The quantitative estimate of drug-likeness (QED) is 0.688. The largest absolute Gasteiger partial charge is 0.368 e. The fourth-order valence-electron chi connectivity index (χ4n) is 1.53. The lowest BCUT2D eigenvalue weighted by atomic mass is 9.89. The summed E-state index contributed by atoms with van der Waals surface area (Å²) < 4.78 is 0. The van der Waals surface area contributed by atoms with Crippen molar-refractivity contribution in [1.29, 1.82) is 0 Å². The van der Waals surface area contributed by atoms with Crippen LogP contribution in [-0.4, -0.2) is 21.2 Å². The standard InChI is InChI=1S/C9H19N5/c1-6(5-9(2,3)4)11-8-12-7(10)13-14-8/h6H,5H2,1-4H3,(H4,10,11,12,13,14). The highest BCUT2D eigenvalue weighted by Gasteiger charge is 2.15. The number of aromatic nitrogens is 3. The molecule has 1 rings (SSSR count). The minimum absolute atomic E-state index is 0.300. The second kappa shape index (κ2) is 3.86. The second-order valence-corrected chi connectivity index (χ2v) is 4.85. The summed E-state index contributed by atoms with van der Waals surface area (Å²) in [5, 5.41) is 9.69. The first-order valence-corrected chi connectivity index (χ1v) is 4.81. The number of nitrogens with two attached hydrogens (primary N) is 1. The summed E-state index contributed by atoms with van der Waals surface area (Å²) in [6.45, 7) is 8.73. The number of anilines is 2. The molecular weight excluding hydrogens is 178 g/mol. The van der Waals surface area contributed by atoms with E-state index in [9.17, 15) is 0 Å². The summed E-state index contributed by atoms with van der Waals surface area (Å²) >= 11 is 0. The third-order valence-corrected chi connectivity index (χ3v) is 1.80. The predicted octanol–water partition coefficient (Wildman–Crippen LogP) is 1.62. The average molecular weight is 197 g/mol. The Labute approximate surface area is 84.5 Å². The van der Waals surface area contributed by atoms with Crippen molar-refractivity contribution >= 4 is 11.9 Å². The Morgan fingerprint density at radius 1 is 1.50 bits per heavy atom. The van der Waals surface area contributed by atoms with Gasteiger partial charge in [0.05, 0.1) is 0 Å². The van der Waals surface area contributed by atoms with E-state index in [4.69, 9.17) is 5.73 Å². The lowest BCUT2D eigenvalue weighted by Crippen LogP contribution is -2.23. The monoisotopic (exact) mass is 197 g/mol. The van der Waals surface area contributed by atoms with Gasteiger partial charge in [0.25, 0.3) is 0 Å². The Balaban J connectivity index is 2.45. The van der Waals surface area contributed by atoms with Crippen LogP contribution >= 0.6 is 0 Å². The van der Waals surface area contributed by atoms with Crippen LogP contribution in [0, 0.1) is 5.41 Å². The molecule has 14 heavy (non-hydrogen) atoms. The Morgan fingerprint density at radius 3 is 2.57 bits per heavy atom. The van der Waals surface area contributed by atoms with Crippen molar-refractivity contribution in [2.75, 3.05) is 11.1 Å². The van der Waals surface area contributed by atoms with Crippen LogP contribution in [0.15, 0.2) is 0 Å². The van der Waals surface area contributed by atoms with Gasteiger partial charge in [-0.25, -0.2) is 5.10 Å². The number of hydrogen-bond acceptors (Lipinski definition) is 4. The molecule has 1 unspecified atom stereocenters. The number of nitrogens with one attached hydrogen (secondary N) is 2. The van der Waals surface area contributed by atoms with E-state index in [1.807, 2.05) is 0 Å². The van der Waals surface area contributed by atoms with Crippen LogP contribution in [0.4, 0.5) is 11.9 Å². The number of hydrogen-bond donors (Lipinski definition) is 3. The molecule has 4 N–H and O–H groups in total. The van der Waals surface area contributed by atoms with Crippen LogP contribution in [0.25, 0.3) is 0 Å². The fourth-order valence-corrected chi connectivity index (χ4v) is 1.53. The lowest BCUT2D eigenvalue weighted by molar-refractivity contribution is 0.357. The Hall–Kier alpha value is -1.26. The van der Waals surface area contributed by atoms with Gasteiger partial charge in [-0.1, -0.05) is 20.8 Å². The highest BCUT2D eigenvalue weighted by molar-refractivity contribution is 5.30. The predicted molar refractivity (Wildman–Crippen MR) is 58.0 cm³/mol. The van der Waals surface area contributed by atoms with E-state index in [0.717, 1.165) is 6.42 Å². The van der Waals surface area contributed by atoms with E-state index in [-0.39, 0.29) is 0 Å². The minimum atomic E-state index is 0.300. The molecule has 1 heterocycles. The molecule has 1 aromatic heterocycles. The zero-order valence-corrected chi connectivity index (χ0v) is 9.26. The van der Waals surface area contributed by atoms with Gasteiger partial charge in [0, 0.05) is 6.04 Å². The number of aromatic amines is 1. The van der Waals surface area contributed by atoms with Gasteiger partial charge in [-0.3, -0.25) is 0 Å². The lowest BCUT2D eigenvalue weighted by Gasteiger charge is -2.23. The van der Waals surface area contributed by atoms with Crippen molar-refractivity contribution in [3.63, 3.8) is 0 Å². The Bertz CT molecular complexity index is 286. The number of nitrogens with zero attached hydrogens (tertiary/aromatic N) is 2. The maximum atomic E-state index is 5.41. The molecule has 0 spiro atoms. The first-order valence-electron chi connectivity index (χ1n) is 4.81. The number of H-pyrrole nitrogens is 1. The van der Waals surface area contributed by atoms with Crippen molar-refractivity contribution in [1.82, 2.24) is 15.2 Å². The maximum Gasteiger partial charge on any atom is 0.243 e. The molecule has 0 fully saturated rings. The number of nitrogen functional groups attached to an aromatic ring is 1. The second-order valence-electron chi connectivity index (χ2n) is 4.85. The topological polar surface area (TPSA) is 79.6 Å². The normalized spacial score (nSPS) is 14.0. The first kappa shape index (κ1) is 10.8. The minimum Gasteiger partial charge on any atom is -0.368 e. The van der Waals surface area contributed by atoms with Crippen molar-refractivity contribution < 1.29 is 0 Å². The highest BCUT2D eigenvalue weighted by atomic mass is 15.3. The summed E-state index contributed by atoms with van der Waals surface area (Å²) in [6, 6.07) is 0.338. The van der Waals surface area contributed by atoms with E-state index in [2.05, 4.69) is 48.2 Å². The van der Waals surface area contributed by atoms with Crippen LogP contribution in [0.5, 0.6) is 0 Å². The Kier molecular flexibility index (Phi) is 2.98. The van der Waals surface area contributed by atoms with Crippen LogP contribution in [-0.2, 0) is 0 Å². The van der Waals surface area contributed by atoms with E-state index >= 15 is 0 Å². The molecule has 0 saturated carbocycles. The van der Waals surface area contributed by atoms with Gasteiger partial charge in [-0.05, 0) is 18.8 Å². The molecule has 0 bridgehead atoms. The van der Waals surface area contributed by atoms with Crippen LogP contribution < -0.4 is 11.1 Å². The molecule has 1 aromatic rings. The summed E-state index contributed by atoms with van der Waals surface area (Å²) in [6.07, 6.45) is 1.06. The van der Waals surface area contributed by atoms with Gasteiger partial charge >= 0.3 is 0 Å². The molecule has 5 nitrogen and oxygen atoms in total. The van der Waals surface area contributed by atoms with E-state index < -0.39 is 0 Å². The smallest absolute Gasteiger partial charge is 0.243 e. The molecule has 0 saturated heterocycles. The molecule has 0 aliphatic rings. The summed E-state index contributed by atoms with van der Waals surface area (Å²) in [5.41, 5.74) is 5.71. The third-order valence-electron chi connectivity index (χ3n) is 1.80. The molecule has 0 aromatic carbocycles. The summed E-state index contributed by atoms with van der Waals surface area (Å²) in [4.78, 5) is 3.98. The first-order chi connectivity index (χ1) is 6.37. The fraction of sp³-hybridized carbons (Fsp3) is 0.778. The van der Waals surface area contributed by atoms with Gasteiger partial charge < -0.3 is 11.1 Å². The average Bonchev–Trinajstić information content (AvgIpc) is 2.30. The zero-order valence-electron chi connectivity index (χ0n) is 9.26. The van der Waals surface area contributed by atoms with E-state index in [0.29, 0.717) is 23.4 Å². The maximum absolute atomic E-state index is 5.41. The van der Waals surface area contributed by atoms with Crippen LogP contribution in [0.2, 0.25) is 0 Å². The molecule has 0 amide bonds. The number of rotatable bonds is 3. The van der Waals surface area contributed by atoms with Gasteiger partial charge in [0.15, 0.2) is 0 Å². The van der Waals surface area contributed by atoms with Gasteiger partial charge in [-0.15, -0.1) is 5.10 Å². The molecule has 1 atom stereocenters. The zero-order chi connectivity index (χ0) is 10.8. The van der Waals surface area contributed by atoms with Crippen molar-refractivity contribution in [2.24, 2.45) is 5.41 Å². The molecular formula is C9H19N5. The van der Waals surface area contributed by atoms with Crippen molar-refractivity contribution in [3.05, 3.63) is 0 Å². The molecule has 0 aliphatic heterocycles. The highest BCUT2D eigenvalue weighted by Crippen LogP contribution is 2.21. The molecule has 0 radical (unpaired) electrons. The van der Waals surface area contributed by atoms with Gasteiger partial charge in [-0.2, -0.15) is 4.98 Å². The third kappa shape index (κ3) is 3.64. The van der Waals surface area contributed by atoms with Gasteiger partial charge in [0.1, 0.15) is 0 Å². The molecule has 5 heteroatoms. The van der Waals surface area contributed by atoms with Gasteiger partial charge in [0.2, 0.25) is 11.9 Å². The van der Waals surface area contributed by atoms with E-state index in [1.54, 1.807) is 0 Å². The van der Waals surface area contributed by atoms with Crippen molar-refractivity contribution in [3.8, 4) is 0 Å². The SMILES string of the molecule is CC(CC(C)(C)C)Nc1n[nH]c(N)n1. The summed E-state index contributed by atoms with van der Waals surface area (Å²) in [7, 11) is 0.